The molecule has 0 aromatic carbocycles. The number of allylic oxidation sites excluding steroid dienone is 1. The van der Waals surface area contributed by atoms with Crippen LogP contribution in [0.2, 0.25) is 0 Å². The van der Waals surface area contributed by atoms with Gasteiger partial charge in [-0.3, -0.25) is 4.79 Å². The Labute approximate surface area is 226 Å². The molecule has 0 amide bonds. The van der Waals surface area contributed by atoms with Crippen LogP contribution < -0.4 is 0 Å². The molecule has 4 aliphatic rings. The molecule has 40 heavy (non-hydrogen) atoms. The van der Waals surface area contributed by atoms with Gasteiger partial charge in [0, 0.05) is 30.4 Å². The van der Waals surface area contributed by atoms with Crippen LogP contribution in [-0.2, 0) is 66.7 Å². The van der Waals surface area contributed by atoms with E-state index in [1.54, 1.807) is 0 Å². The SMILES string of the molecule is CC(=O)/C=C\C(=O)O[C@@H]1CO[C@H]2[C@@H]1OC[C@@H]2OC(=O)/C=C\C(=O)O[C@@H]1CO[C@H]2[C@@H]1OC[C@@H]2OC(=O)/C=C\C(=O)O. The molecule has 0 aliphatic carbocycles. The molecule has 0 unspecified atom stereocenters. The number of ether oxygens (including phenoxy) is 8. The predicted octanol–water partition coefficient (Wildman–Crippen LogP) is -1.43. The van der Waals surface area contributed by atoms with Crippen LogP contribution in [0.3, 0.4) is 0 Å². The fraction of sp³-hybridized carbons (Fsp3) is 0.520. The molecule has 0 aromatic heterocycles. The molecule has 15 heteroatoms. The summed E-state index contributed by atoms with van der Waals surface area (Å²) in [5, 5.41) is 8.58. The summed E-state index contributed by atoms with van der Waals surface area (Å²) < 4.78 is 43.2. The van der Waals surface area contributed by atoms with Gasteiger partial charge in [-0.15, -0.1) is 0 Å². The molecule has 0 spiro atoms. The second kappa shape index (κ2) is 13.0. The zero-order chi connectivity index (χ0) is 28.8. The number of carbonyl (C=O) groups is 6. The third kappa shape index (κ3) is 7.38. The first-order valence-corrected chi connectivity index (χ1v) is 12.2. The number of esters is 4. The molecule has 4 heterocycles. The predicted molar refractivity (Wildman–Crippen MR) is 124 cm³/mol. The van der Waals surface area contributed by atoms with Crippen LogP contribution in [0.1, 0.15) is 6.92 Å². The first-order valence-electron chi connectivity index (χ1n) is 12.2. The second-order valence-electron chi connectivity index (χ2n) is 9.04. The van der Waals surface area contributed by atoms with Crippen molar-refractivity contribution in [2.45, 2.75) is 55.8 Å². The van der Waals surface area contributed by atoms with E-state index < -0.39 is 78.7 Å². The quantitative estimate of drug-likeness (QED) is 0.183. The lowest BCUT2D eigenvalue weighted by molar-refractivity contribution is -0.152. The minimum atomic E-state index is -1.31. The molecule has 0 aromatic rings. The molecule has 4 rings (SSSR count). The molecule has 4 saturated heterocycles. The highest BCUT2D eigenvalue weighted by molar-refractivity contribution is 5.94. The number of carboxylic acids is 1. The largest absolute Gasteiger partial charge is 0.478 e. The van der Waals surface area contributed by atoms with E-state index in [0.717, 1.165) is 30.4 Å². The highest BCUT2D eigenvalue weighted by Gasteiger charge is 2.52. The van der Waals surface area contributed by atoms with Gasteiger partial charge < -0.3 is 43.0 Å². The van der Waals surface area contributed by atoms with E-state index in [-0.39, 0.29) is 32.2 Å². The van der Waals surface area contributed by atoms with Gasteiger partial charge in [0.1, 0.15) is 24.4 Å². The van der Waals surface area contributed by atoms with Crippen molar-refractivity contribution in [2.75, 3.05) is 26.4 Å². The number of carbonyl (C=O) groups excluding carboxylic acids is 5. The summed E-state index contributed by atoms with van der Waals surface area (Å²) in [5.41, 5.74) is 0. The maximum absolute atomic E-state index is 12.3. The number of carboxylic acid groups (broad SMARTS) is 1. The Morgan fingerprint density at radius 1 is 0.525 bits per heavy atom. The lowest BCUT2D eigenvalue weighted by atomic mass is 10.1. The highest BCUT2D eigenvalue weighted by atomic mass is 16.7. The summed E-state index contributed by atoms with van der Waals surface area (Å²) in [6.07, 6.45) is -0.804. The summed E-state index contributed by atoms with van der Waals surface area (Å²) in [4.78, 5) is 69.5. The lowest BCUT2D eigenvalue weighted by Crippen LogP contribution is -2.36. The highest BCUT2D eigenvalue weighted by Crippen LogP contribution is 2.32. The van der Waals surface area contributed by atoms with Crippen LogP contribution in [0.5, 0.6) is 0 Å². The van der Waals surface area contributed by atoms with Gasteiger partial charge in [-0.25, -0.2) is 24.0 Å². The fourth-order valence-corrected chi connectivity index (χ4v) is 4.48. The van der Waals surface area contributed by atoms with Gasteiger partial charge in [-0.2, -0.15) is 0 Å². The molecule has 216 valence electrons. The smallest absolute Gasteiger partial charge is 0.331 e. The van der Waals surface area contributed by atoms with Crippen LogP contribution in [0.25, 0.3) is 0 Å². The van der Waals surface area contributed by atoms with Crippen molar-refractivity contribution < 1.29 is 71.8 Å². The number of hydrogen-bond donors (Lipinski definition) is 1. The fourth-order valence-electron chi connectivity index (χ4n) is 4.48. The van der Waals surface area contributed by atoms with Crippen LogP contribution in [-0.4, -0.2) is 116 Å². The molecule has 0 saturated carbocycles. The monoisotopic (exact) mass is 566 g/mol. The first kappa shape index (κ1) is 29.1. The molecule has 0 bridgehead atoms. The topological polar surface area (TPSA) is 196 Å². The van der Waals surface area contributed by atoms with Crippen molar-refractivity contribution >= 4 is 35.6 Å². The van der Waals surface area contributed by atoms with Crippen molar-refractivity contribution in [3.63, 3.8) is 0 Å². The van der Waals surface area contributed by atoms with Crippen LogP contribution in [0.15, 0.2) is 36.5 Å². The van der Waals surface area contributed by atoms with E-state index in [1.807, 2.05) is 0 Å². The zero-order valence-corrected chi connectivity index (χ0v) is 21.1. The molecule has 4 fully saturated rings. The van der Waals surface area contributed by atoms with Gasteiger partial charge in [-0.05, 0) is 13.0 Å². The van der Waals surface area contributed by atoms with Crippen molar-refractivity contribution in [2.24, 2.45) is 0 Å². The van der Waals surface area contributed by atoms with Gasteiger partial charge in [0.2, 0.25) is 0 Å². The average molecular weight is 566 g/mol. The Balaban J connectivity index is 1.20. The minimum Gasteiger partial charge on any atom is -0.478 e. The molecule has 4 aliphatic heterocycles. The third-order valence-electron chi connectivity index (χ3n) is 6.17. The van der Waals surface area contributed by atoms with Crippen molar-refractivity contribution in [1.82, 2.24) is 0 Å². The first-order chi connectivity index (χ1) is 19.1. The zero-order valence-electron chi connectivity index (χ0n) is 21.1. The normalized spacial score (nSPS) is 32.7. The number of fused-ring (bicyclic) bond motifs is 2. The molecular weight excluding hydrogens is 540 g/mol. The van der Waals surface area contributed by atoms with Gasteiger partial charge in [0.25, 0.3) is 0 Å². The van der Waals surface area contributed by atoms with Gasteiger partial charge in [0.15, 0.2) is 30.2 Å². The Morgan fingerprint density at radius 3 is 1.07 bits per heavy atom. The summed E-state index contributed by atoms with van der Waals surface area (Å²) in [6.45, 7) is 1.19. The van der Waals surface area contributed by atoms with Crippen molar-refractivity contribution in [1.29, 1.82) is 0 Å². The van der Waals surface area contributed by atoms with Crippen molar-refractivity contribution in [3.8, 4) is 0 Å². The van der Waals surface area contributed by atoms with E-state index in [2.05, 4.69) is 0 Å². The lowest BCUT2D eigenvalue weighted by Gasteiger charge is -2.16. The number of rotatable bonds is 10. The van der Waals surface area contributed by atoms with E-state index >= 15 is 0 Å². The molecule has 1 N–H and O–H groups in total. The summed E-state index contributed by atoms with van der Waals surface area (Å²) >= 11 is 0. The maximum Gasteiger partial charge on any atom is 0.331 e. The Hall–Kier alpha value is -3.92. The van der Waals surface area contributed by atoms with Crippen molar-refractivity contribution in [3.05, 3.63) is 36.5 Å². The molecule has 15 nitrogen and oxygen atoms in total. The minimum absolute atomic E-state index is 0.0119. The van der Waals surface area contributed by atoms with Crippen LogP contribution >= 0.6 is 0 Å². The molecule has 0 radical (unpaired) electrons. The van der Waals surface area contributed by atoms with Crippen LogP contribution in [0, 0.1) is 0 Å². The molecular formula is C25H26O15. The van der Waals surface area contributed by atoms with Gasteiger partial charge >= 0.3 is 29.8 Å². The Bertz CT molecular complexity index is 1040. The van der Waals surface area contributed by atoms with E-state index in [9.17, 15) is 28.8 Å². The van der Waals surface area contributed by atoms with E-state index in [1.165, 1.54) is 6.92 Å². The van der Waals surface area contributed by atoms with Crippen LogP contribution in [0.4, 0.5) is 0 Å². The summed E-state index contributed by atoms with van der Waals surface area (Å²) in [6, 6.07) is 0. The number of ketones is 1. The van der Waals surface area contributed by atoms with Gasteiger partial charge in [0.05, 0.1) is 26.4 Å². The standard InChI is InChI=1S/C25H26O15/c1-12(26)2-4-18(29)37-13-8-33-24-15(10-35-22(13)24)39-20(31)6-7-21(32)40-16-11-36-23-14(9-34-25(16)23)38-19(30)5-3-17(27)28/h2-7,13-16,22-25H,8-11H2,1H3,(H,27,28)/b4-2-,5-3-,7-6-/t13-,14+,15+,16-,22-,23-,24-,25-/m1/s1. The number of aliphatic carboxylic acids is 1. The second-order valence-corrected chi connectivity index (χ2v) is 9.04. The number of hydrogen-bond acceptors (Lipinski definition) is 14. The van der Waals surface area contributed by atoms with E-state index in [4.69, 9.17) is 43.0 Å². The van der Waals surface area contributed by atoms with E-state index in [0.29, 0.717) is 6.08 Å². The maximum atomic E-state index is 12.3. The van der Waals surface area contributed by atoms with Gasteiger partial charge in [-0.1, -0.05) is 0 Å². The Kier molecular flexibility index (Phi) is 9.42. The summed E-state index contributed by atoms with van der Waals surface area (Å²) in [5.74, 6) is -4.98. The molecule has 8 atom stereocenters. The summed E-state index contributed by atoms with van der Waals surface area (Å²) in [7, 11) is 0. The third-order valence-corrected chi connectivity index (χ3v) is 6.17. The Morgan fingerprint density at radius 2 is 0.800 bits per heavy atom. The average Bonchev–Trinajstić information content (AvgIpc) is 3.66.